The second kappa shape index (κ2) is 6.48. The second-order valence-corrected chi connectivity index (χ2v) is 5.30. The summed E-state index contributed by atoms with van der Waals surface area (Å²) >= 11 is 0. The quantitative estimate of drug-likeness (QED) is 0.686. The van der Waals surface area contributed by atoms with E-state index >= 15 is 0 Å². The second-order valence-electron chi connectivity index (χ2n) is 5.30. The Hall–Kier alpha value is -2.88. The average molecular weight is 305 g/mol. The highest BCUT2D eigenvalue weighted by Crippen LogP contribution is 2.28. The van der Waals surface area contributed by atoms with Crippen LogP contribution in [0.15, 0.2) is 65.8 Å². The molecule has 0 unspecified atom stereocenters. The Bertz CT molecular complexity index is 815. The Morgan fingerprint density at radius 3 is 2.39 bits per heavy atom. The molecule has 0 spiro atoms. The van der Waals surface area contributed by atoms with Crippen molar-refractivity contribution in [3.63, 3.8) is 0 Å². The molecule has 2 aromatic carbocycles. The molecule has 0 amide bonds. The molecule has 116 valence electrons. The third kappa shape index (κ3) is 3.01. The number of ether oxygens (including phenoxy) is 1. The predicted octanol–water partition coefficient (Wildman–Crippen LogP) is 3.91. The van der Waals surface area contributed by atoms with Crippen LogP contribution in [0.3, 0.4) is 0 Å². The van der Waals surface area contributed by atoms with E-state index in [1.807, 2.05) is 67.3 Å². The van der Waals surface area contributed by atoms with Crippen LogP contribution in [0.5, 0.6) is 5.75 Å². The summed E-state index contributed by atoms with van der Waals surface area (Å²) in [7, 11) is 3.59. The van der Waals surface area contributed by atoms with Crippen molar-refractivity contribution in [2.24, 2.45) is 12.0 Å². The Balaban J connectivity index is 2.23. The van der Waals surface area contributed by atoms with Crippen molar-refractivity contribution >= 4 is 11.4 Å². The van der Waals surface area contributed by atoms with Crippen LogP contribution < -0.4 is 4.74 Å². The van der Waals surface area contributed by atoms with Gasteiger partial charge >= 0.3 is 0 Å². The molecular formula is C19H19N3O. The van der Waals surface area contributed by atoms with E-state index in [1.165, 1.54) is 0 Å². The number of para-hydroxylation sites is 2. The fraction of sp³-hybridized carbons (Fsp3) is 0.158. The topological polar surface area (TPSA) is 39.4 Å². The Kier molecular flexibility index (Phi) is 4.24. The van der Waals surface area contributed by atoms with Gasteiger partial charge in [-0.15, -0.1) is 0 Å². The summed E-state index contributed by atoms with van der Waals surface area (Å²) in [6.07, 6.45) is 1.86. The zero-order chi connectivity index (χ0) is 16.2. The van der Waals surface area contributed by atoms with E-state index < -0.39 is 0 Å². The van der Waals surface area contributed by atoms with Gasteiger partial charge in [0.1, 0.15) is 11.4 Å². The Morgan fingerprint density at radius 1 is 1.04 bits per heavy atom. The van der Waals surface area contributed by atoms with Crippen molar-refractivity contribution in [3.8, 4) is 5.75 Å². The number of aryl methyl sites for hydroxylation is 2. The summed E-state index contributed by atoms with van der Waals surface area (Å²) in [5, 5.41) is 4.35. The van der Waals surface area contributed by atoms with Gasteiger partial charge in [0.25, 0.3) is 0 Å². The Morgan fingerprint density at radius 2 is 1.74 bits per heavy atom. The molecule has 4 nitrogen and oxygen atoms in total. The molecule has 0 aliphatic heterocycles. The molecule has 23 heavy (non-hydrogen) atoms. The molecule has 0 aliphatic rings. The first-order valence-corrected chi connectivity index (χ1v) is 7.47. The van der Waals surface area contributed by atoms with Gasteiger partial charge in [-0.25, -0.2) is 4.99 Å². The number of nitrogens with zero attached hydrogens (tertiary/aromatic N) is 3. The van der Waals surface area contributed by atoms with Gasteiger partial charge in [0.05, 0.1) is 24.7 Å². The highest BCUT2D eigenvalue weighted by Gasteiger charge is 2.15. The normalized spacial score (nSPS) is 11.5. The van der Waals surface area contributed by atoms with Crippen LogP contribution in [0, 0.1) is 6.92 Å². The number of hydrogen-bond donors (Lipinski definition) is 0. The number of methoxy groups -OCH3 is 1. The van der Waals surface area contributed by atoms with Gasteiger partial charge < -0.3 is 4.74 Å². The number of hydrogen-bond acceptors (Lipinski definition) is 3. The van der Waals surface area contributed by atoms with E-state index in [4.69, 9.17) is 9.73 Å². The van der Waals surface area contributed by atoms with Crippen LogP contribution in [0.25, 0.3) is 0 Å². The summed E-state index contributed by atoms with van der Waals surface area (Å²) in [5.41, 5.74) is 4.82. The summed E-state index contributed by atoms with van der Waals surface area (Å²) in [6.45, 7) is 2.04. The lowest BCUT2D eigenvalue weighted by atomic mass is 10.0. The van der Waals surface area contributed by atoms with E-state index in [0.29, 0.717) is 0 Å². The highest BCUT2D eigenvalue weighted by molar-refractivity contribution is 6.13. The lowest BCUT2D eigenvalue weighted by Crippen LogP contribution is -2.11. The van der Waals surface area contributed by atoms with E-state index in [2.05, 4.69) is 17.2 Å². The highest BCUT2D eigenvalue weighted by atomic mass is 16.5. The maximum atomic E-state index is 5.43. The molecule has 0 fully saturated rings. The third-order valence-electron chi connectivity index (χ3n) is 3.71. The molecule has 0 radical (unpaired) electrons. The smallest absolute Gasteiger partial charge is 0.144 e. The predicted molar refractivity (Wildman–Crippen MR) is 92.7 cm³/mol. The summed E-state index contributed by atoms with van der Waals surface area (Å²) < 4.78 is 7.29. The van der Waals surface area contributed by atoms with Crippen LogP contribution in [-0.2, 0) is 7.05 Å². The SMILES string of the molecule is COc1ccccc1N=C(c1ccccc1)c1c(C)cnn1C. The van der Waals surface area contributed by atoms with Gasteiger partial charge in [0, 0.05) is 12.6 Å². The van der Waals surface area contributed by atoms with Crippen LogP contribution in [-0.4, -0.2) is 22.6 Å². The lowest BCUT2D eigenvalue weighted by molar-refractivity contribution is 0.416. The van der Waals surface area contributed by atoms with Crippen LogP contribution in [0.2, 0.25) is 0 Å². The molecule has 3 rings (SSSR count). The minimum absolute atomic E-state index is 0.751. The van der Waals surface area contributed by atoms with Crippen molar-refractivity contribution in [3.05, 3.63) is 77.6 Å². The van der Waals surface area contributed by atoms with Crippen molar-refractivity contribution in [2.75, 3.05) is 7.11 Å². The molecule has 1 heterocycles. The molecule has 0 saturated heterocycles. The van der Waals surface area contributed by atoms with Gasteiger partial charge in [-0.2, -0.15) is 5.10 Å². The standard InChI is InChI=1S/C19H19N3O/c1-14-13-20-22(2)19(14)18(15-9-5-4-6-10-15)21-16-11-7-8-12-17(16)23-3/h4-13H,1-3H3. The number of benzene rings is 2. The average Bonchev–Trinajstić information content (AvgIpc) is 2.92. The lowest BCUT2D eigenvalue weighted by Gasteiger charge is -2.11. The minimum atomic E-state index is 0.751. The first-order valence-electron chi connectivity index (χ1n) is 7.47. The summed E-state index contributed by atoms with van der Waals surface area (Å²) in [5.74, 6) is 0.751. The summed E-state index contributed by atoms with van der Waals surface area (Å²) in [6, 6.07) is 17.9. The van der Waals surface area contributed by atoms with E-state index in [-0.39, 0.29) is 0 Å². The van der Waals surface area contributed by atoms with Crippen LogP contribution >= 0.6 is 0 Å². The zero-order valence-electron chi connectivity index (χ0n) is 13.5. The minimum Gasteiger partial charge on any atom is -0.494 e. The molecule has 0 bridgehead atoms. The molecule has 0 N–H and O–H groups in total. The van der Waals surface area contributed by atoms with E-state index in [1.54, 1.807) is 7.11 Å². The number of aliphatic imine (C=N–C) groups is 1. The monoisotopic (exact) mass is 305 g/mol. The molecular weight excluding hydrogens is 286 g/mol. The van der Waals surface area contributed by atoms with Crippen LogP contribution in [0.4, 0.5) is 5.69 Å². The Labute approximate surface area is 136 Å². The first-order chi connectivity index (χ1) is 11.2. The molecule has 3 aromatic rings. The molecule has 0 atom stereocenters. The van der Waals surface area contributed by atoms with Crippen molar-refractivity contribution in [1.82, 2.24) is 9.78 Å². The van der Waals surface area contributed by atoms with Gasteiger partial charge in [0.15, 0.2) is 0 Å². The van der Waals surface area contributed by atoms with Crippen LogP contribution in [0.1, 0.15) is 16.8 Å². The molecule has 1 aromatic heterocycles. The number of rotatable bonds is 4. The van der Waals surface area contributed by atoms with Crippen molar-refractivity contribution in [1.29, 1.82) is 0 Å². The van der Waals surface area contributed by atoms with Gasteiger partial charge in [-0.05, 0) is 24.6 Å². The van der Waals surface area contributed by atoms with Gasteiger partial charge in [-0.1, -0.05) is 42.5 Å². The maximum absolute atomic E-state index is 5.43. The fourth-order valence-corrected chi connectivity index (χ4v) is 2.58. The number of aromatic nitrogens is 2. The van der Waals surface area contributed by atoms with E-state index in [9.17, 15) is 0 Å². The third-order valence-corrected chi connectivity index (χ3v) is 3.71. The fourth-order valence-electron chi connectivity index (χ4n) is 2.58. The van der Waals surface area contributed by atoms with Crippen molar-refractivity contribution in [2.45, 2.75) is 6.92 Å². The largest absolute Gasteiger partial charge is 0.494 e. The maximum Gasteiger partial charge on any atom is 0.144 e. The zero-order valence-corrected chi connectivity index (χ0v) is 13.5. The van der Waals surface area contributed by atoms with Crippen molar-refractivity contribution < 1.29 is 4.74 Å². The summed E-state index contributed by atoms with van der Waals surface area (Å²) in [4.78, 5) is 4.89. The molecule has 4 heteroatoms. The van der Waals surface area contributed by atoms with E-state index in [0.717, 1.165) is 34.0 Å². The molecule has 0 aliphatic carbocycles. The van der Waals surface area contributed by atoms with Gasteiger partial charge in [-0.3, -0.25) is 4.68 Å². The molecule has 0 saturated carbocycles. The first kappa shape index (κ1) is 15.0. The van der Waals surface area contributed by atoms with Gasteiger partial charge in [0.2, 0.25) is 0 Å².